The second kappa shape index (κ2) is 10.1. The van der Waals surface area contributed by atoms with Gasteiger partial charge in [-0.2, -0.15) is 0 Å². The molecular weight excluding hydrogens is 288 g/mol. The topological polar surface area (TPSA) is 40.1 Å². The SMILES string of the molecule is CN=C(NCCCCN1CCOCC1)N1CCC(CC(C)C)C1. The fourth-order valence-electron chi connectivity index (χ4n) is 3.70. The van der Waals surface area contributed by atoms with Gasteiger partial charge >= 0.3 is 0 Å². The number of morpholine rings is 1. The van der Waals surface area contributed by atoms with E-state index in [1.807, 2.05) is 7.05 Å². The van der Waals surface area contributed by atoms with Crippen LogP contribution < -0.4 is 5.32 Å². The van der Waals surface area contributed by atoms with Gasteiger partial charge in [-0.3, -0.25) is 9.89 Å². The molecule has 0 aromatic rings. The van der Waals surface area contributed by atoms with Crippen LogP contribution in [0.4, 0.5) is 0 Å². The van der Waals surface area contributed by atoms with Crippen LogP contribution in [0.5, 0.6) is 0 Å². The monoisotopic (exact) mass is 324 g/mol. The predicted octanol–water partition coefficient (Wildman–Crippen LogP) is 2.04. The molecule has 0 spiro atoms. The van der Waals surface area contributed by atoms with Crippen molar-refractivity contribution in [3.8, 4) is 0 Å². The lowest BCUT2D eigenvalue weighted by Crippen LogP contribution is -2.41. The zero-order valence-electron chi connectivity index (χ0n) is 15.4. The van der Waals surface area contributed by atoms with E-state index in [1.165, 1.54) is 38.8 Å². The summed E-state index contributed by atoms with van der Waals surface area (Å²) < 4.78 is 5.39. The van der Waals surface area contributed by atoms with E-state index >= 15 is 0 Å². The molecule has 134 valence electrons. The third kappa shape index (κ3) is 6.68. The minimum absolute atomic E-state index is 0.801. The molecule has 0 aromatic heterocycles. The third-order valence-corrected chi connectivity index (χ3v) is 4.89. The Bertz CT molecular complexity index is 353. The van der Waals surface area contributed by atoms with E-state index in [0.29, 0.717) is 0 Å². The number of nitrogens with zero attached hydrogens (tertiary/aromatic N) is 3. The Morgan fingerprint density at radius 1 is 1.22 bits per heavy atom. The number of nitrogens with one attached hydrogen (secondary N) is 1. The Morgan fingerprint density at radius 2 is 2.00 bits per heavy atom. The molecule has 0 saturated carbocycles. The molecule has 1 N–H and O–H groups in total. The van der Waals surface area contributed by atoms with Crippen molar-refractivity contribution in [1.82, 2.24) is 15.1 Å². The number of ether oxygens (including phenoxy) is 1. The van der Waals surface area contributed by atoms with Gasteiger partial charge in [0.15, 0.2) is 5.96 Å². The smallest absolute Gasteiger partial charge is 0.193 e. The van der Waals surface area contributed by atoms with E-state index in [4.69, 9.17) is 4.74 Å². The summed E-state index contributed by atoms with van der Waals surface area (Å²) in [7, 11) is 1.91. The molecule has 5 heteroatoms. The van der Waals surface area contributed by atoms with Crippen LogP contribution in [0.1, 0.15) is 39.5 Å². The molecule has 0 amide bonds. The molecule has 0 aliphatic carbocycles. The summed E-state index contributed by atoms with van der Waals surface area (Å²) >= 11 is 0. The lowest BCUT2D eigenvalue weighted by molar-refractivity contribution is 0.0372. The molecular formula is C18H36N4O. The maximum absolute atomic E-state index is 5.39. The second-order valence-electron chi connectivity index (χ2n) is 7.37. The molecule has 5 nitrogen and oxygen atoms in total. The molecule has 2 fully saturated rings. The summed E-state index contributed by atoms with van der Waals surface area (Å²) in [6, 6.07) is 0. The van der Waals surface area contributed by atoms with Crippen molar-refractivity contribution in [3.63, 3.8) is 0 Å². The Balaban J connectivity index is 1.58. The molecule has 1 atom stereocenters. The Hall–Kier alpha value is -0.810. The maximum atomic E-state index is 5.39. The molecule has 2 heterocycles. The van der Waals surface area contributed by atoms with Gasteiger partial charge in [-0.15, -0.1) is 0 Å². The summed E-state index contributed by atoms with van der Waals surface area (Å²) in [5.74, 6) is 2.74. The minimum Gasteiger partial charge on any atom is -0.379 e. The van der Waals surface area contributed by atoms with Gasteiger partial charge in [0.2, 0.25) is 0 Å². The van der Waals surface area contributed by atoms with Gasteiger partial charge < -0.3 is 15.0 Å². The molecule has 2 saturated heterocycles. The van der Waals surface area contributed by atoms with Crippen LogP contribution in [0.15, 0.2) is 4.99 Å². The maximum Gasteiger partial charge on any atom is 0.193 e. The quantitative estimate of drug-likeness (QED) is 0.442. The number of guanidine groups is 1. The highest BCUT2D eigenvalue weighted by atomic mass is 16.5. The van der Waals surface area contributed by atoms with E-state index in [2.05, 4.69) is 34.0 Å². The van der Waals surface area contributed by atoms with Crippen LogP contribution in [-0.4, -0.2) is 75.3 Å². The van der Waals surface area contributed by atoms with Crippen molar-refractivity contribution in [1.29, 1.82) is 0 Å². The first-order chi connectivity index (χ1) is 11.2. The van der Waals surface area contributed by atoms with Crippen molar-refractivity contribution >= 4 is 5.96 Å². The van der Waals surface area contributed by atoms with Crippen LogP contribution >= 0.6 is 0 Å². The van der Waals surface area contributed by atoms with E-state index in [9.17, 15) is 0 Å². The molecule has 2 aliphatic rings. The summed E-state index contributed by atoms with van der Waals surface area (Å²) in [5.41, 5.74) is 0. The van der Waals surface area contributed by atoms with Crippen molar-refractivity contribution in [2.45, 2.75) is 39.5 Å². The molecule has 2 aliphatic heterocycles. The summed E-state index contributed by atoms with van der Waals surface area (Å²) in [5, 5.41) is 3.56. The van der Waals surface area contributed by atoms with Gasteiger partial charge in [0.25, 0.3) is 0 Å². The number of likely N-dealkylation sites (tertiary alicyclic amines) is 1. The van der Waals surface area contributed by atoms with Crippen LogP contribution in [0.2, 0.25) is 0 Å². The highest BCUT2D eigenvalue weighted by Gasteiger charge is 2.25. The summed E-state index contributed by atoms with van der Waals surface area (Å²) in [6.45, 7) is 13.2. The third-order valence-electron chi connectivity index (χ3n) is 4.89. The Kier molecular flexibility index (Phi) is 8.17. The lowest BCUT2D eigenvalue weighted by atomic mass is 9.97. The van der Waals surface area contributed by atoms with Crippen molar-refractivity contribution < 1.29 is 4.74 Å². The highest BCUT2D eigenvalue weighted by Crippen LogP contribution is 2.23. The van der Waals surface area contributed by atoms with Crippen LogP contribution in [0.25, 0.3) is 0 Å². The Labute approximate surface area is 142 Å². The number of aliphatic imine (C=N–C) groups is 1. The zero-order valence-corrected chi connectivity index (χ0v) is 15.4. The number of rotatable bonds is 7. The van der Waals surface area contributed by atoms with Crippen LogP contribution in [0.3, 0.4) is 0 Å². The van der Waals surface area contributed by atoms with Gasteiger partial charge in [-0.1, -0.05) is 13.8 Å². The van der Waals surface area contributed by atoms with Crippen LogP contribution in [0, 0.1) is 11.8 Å². The highest BCUT2D eigenvalue weighted by molar-refractivity contribution is 5.80. The van der Waals surface area contributed by atoms with Gasteiger partial charge in [0, 0.05) is 39.8 Å². The van der Waals surface area contributed by atoms with E-state index < -0.39 is 0 Å². The standard InChI is InChI=1S/C18H36N4O/c1-16(2)14-17-6-9-22(15-17)18(19-3)20-7-4-5-8-21-10-12-23-13-11-21/h16-17H,4-15H2,1-3H3,(H,19,20). The second-order valence-corrected chi connectivity index (χ2v) is 7.37. The molecule has 0 radical (unpaired) electrons. The fourth-order valence-corrected chi connectivity index (χ4v) is 3.70. The predicted molar refractivity (Wildman–Crippen MR) is 97.0 cm³/mol. The van der Waals surface area contributed by atoms with Gasteiger partial charge in [0.05, 0.1) is 13.2 Å². The minimum atomic E-state index is 0.801. The fraction of sp³-hybridized carbons (Fsp3) is 0.944. The van der Waals surface area contributed by atoms with Gasteiger partial charge in [0.1, 0.15) is 0 Å². The van der Waals surface area contributed by atoms with Crippen molar-refractivity contribution in [2.24, 2.45) is 16.8 Å². The lowest BCUT2D eigenvalue weighted by Gasteiger charge is -2.26. The van der Waals surface area contributed by atoms with Gasteiger partial charge in [-0.05, 0) is 44.1 Å². The van der Waals surface area contributed by atoms with Crippen molar-refractivity contribution in [2.75, 3.05) is 59.5 Å². The molecule has 0 bridgehead atoms. The summed E-state index contributed by atoms with van der Waals surface area (Å²) in [6.07, 6.45) is 5.11. The molecule has 0 aromatic carbocycles. The largest absolute Gasteiger partial charge is 0.379 e. The number of hydrogen-bond acceptors (Lipinski definition) is 3. The number of hydrogen-bond donors (Lipinski definition) is 1. The molecule has 2 rings (SSSR count). The van der Waals surface area contributed by atoms with E-state index in [1.54, 1.807) is 0 Å². The number of unbranched alkanes of at least 4 members (excludes halogenated alkanes) is 1. The van der Waals surface area contributed by atoms with Crippen LogP contribution in [-0.2, 0) is 4.74 Å². The Morgan fingerprint density at radius 3 is 2.70 bits per heavy atom. The first-order valence-electron chi connectivity index (χ1n) is 9.44. The van der Waals surface area contributed by atoms with Gasteiger partial charge in [-0.25, -0.2) is 0 Å². The molecule has 23 heavy (non-hydrogen) atoms. The van der Waals surface area contributed by atoms with E-state index in [0.717, 1.165) is 57.2 Å². The zero-order chi connectivity index (χ0) is 16.5. The normalized spacial score (nSPS) is 23.7. The summed E-state index contributed by atoms with van der Waals surface area (Å²) in [4.78, 5) is 9.42. The van der Waals surface area contributed by atoms with Crippen molar-refractivity contribution in [3.05, 3.63) is 0 Å². The van der Waals surface area contributed by atoms with E-state index in [-0.39, 0.29) is 0 Å². The first kappa shape index (κ1) is 18.5. The molecule has 1 unspecified atom stereocenters. The average molecular weight is 325 g/mol. The average Bonchev–Trinajstić information content (AvgIpc) is 2.99. The first-order valence-corrected chi connectivity index (χ1v) is 9.44.